The Morgan fingerprint density at radius 1 is 1.43 bits per heavy atom. The molecule has 0 saturated carbocycles. The molecule has 1 aliphatic rings. The Morgan fingerprint density at radius 3 is 2.79 bits per heavy atom. The van der Waals surface area contributed by atoms with E-state index in [0.29, 0.717) is 19.3 Å². The molecule has 1 aliphatic heterocycles. The van der Waals surface area contributed by atoms with Gasteiger partial charge >= 0.3 is 5.97 Å². The molecule has 0 aromatic rings. The molecular formula is C10H12O4. The zero-order valence-electron chi connectivity index (χ0n) is 7.99. The molecule has 76 valence electrons. The normalized spacial score (nSPS) is 25.6. The summed E-state index contributed by atoms with van der Waals surface area (Å²) in [6.07, 6.45) is 2.93. The molecule has 1 rings (SSSR count). The minimum Gasteiger partial charge on any atom is -0.451 e. The Hall–Kier alpha value is -1.45. The number of allylic oxidation sites excluding steroid dienone is 1. The molecular weight excluding hydrogens is 184 g/mol. The van der Waals surface area contributed by atoms with Crippen molar-refractivity contribution in [1.82, 2.24) is 0 Å². The highest BCUT2D eigenvalue weighted by Gasteiger charge is 2.19. The van der Waals surface area contributed by atoms with Gasteiger partial charge in [-0.05, 0) is 25.8 Å². The monoisotopic (exact) mass is 196 g/mol. The van der Waals surface area contributed by atoms with Gasteiger partial charge in [-0.1, -0.05) is 0 Å². The third kappa shape index (κ3) is 3.12. The van der Waals surface area contributed by atoms with Crippen LogP contribution in [0.5, 0.6) is 0 Å². The molecule has 0 N–H and O–H groups in total. The van der Waals surface area contributed by atoms with Gasteiger partial charge in [0.05, 0.1) is 0 Å². The summed E-state index contributed by atoms with van der Waals surface area (Å²) < 4.78 is 4.85. The van der Waals surface area contributed by atoms with E-state index in [0.717, 1.165) is 6.08 Å². The predicted octanol–water partition coefficient (Wildman–Crippen LogP) is 0.796. The van der Waals surface area contributed by atoms with Gasteiger partial charge in [0.25, 0.3) is 0 Å². The molecule has 4 nitrogen and oxygen atoms in total. The molecule has 0 amide bonds. The molecule has 0 fully saturated rings. The lowest BCUT2D eigenvalue weighted by atomic mass is 10.1. The lowest BCUT2D eigenvalue weighted by Gasteiger charge is -2.12. The molecule has 14 heavy (non-hydrogen) atoms. The summed E-state index contributed by atoms with van der Waals surface area (Å²) in [5.41, 5.74) is 0. The van der Waals surface area contributed by atoms with Crippen LogP contribution < -0.4 is 0 Å². The van der Waals surface area contributed by atoms with Crippen molar-refractivity contribution in [2.75, 3.05) is 0 Å². The lowest BCUT2D eigenvalue weighted by Crippen LogP contribution is -2.24. The van der Waals surface area contributed by atoms with Crippen molar-refractivity contribution in [3.05, 3.63) is 12.2 Å². The van der Waals surface area contributed by atoms with E-state index in [9.17, 15) is 14.4 Å². The molecule has 0 radical (unpaired) electrons. The molecule has 1 atom stereocenters. The molecule has 0 aliphatic carbocycles. The fourth-order valence-electron chi connectivity index (χ4n) is 1.23. The fraction of sp³-hybridized carbons (Fsp3) is 0.500. The smallest absolute Gasteiger partial charge is 0.331 e. The van der Waals surface area contributed by atoms with Gasteiger partial charge in [0.1, 0.15) is 0 Å². The second kappa shape index (κ2) is 4.69. The van der Waals surface area contributed by atoms with Crippen LogP contribution in [0.3, 0.4) is 0 Å². The fourth-order valence-corrected chi connectivity index (χ4v) is 1.23. The van der Waals surface area contributed by atoms with Crippen molar-refractivity contribution in [2.24, 2.45) is 0 Å². The Bertz CT molecular complexity index is 290. The molecule has 1 unspecified atom stereocenters. The number of rotatable bonds is 1. The molecule has 0 spiro atoms. The maximum absolute atomic E-state index is 11.0. The minimum absolute atomic E-state index is 0.105. The van der Waals surface area contributed by atoms with Crippen molar-refractivity contribution in [1.29, 1.82) is 0 Å². The van der Waals surface area contributed by atoms with Crippen molar-refractivity contribution >= 4 is 17.5 Å². The number of ether oxygens (including phenoxy) is 1. The summed E-state index contributed by atoms with van der Waals surface area (Å²) in [6.45, 7) is 1.38. The van der Waals surface area contributed by atoms with Crippen molar-refractivity contribution in [3.8, 4) is 0 Å². The Morgan fingerprint density at radius 2 is 2.14 bits per heavy atom. The van der Waals surface area contributed by atoms with Gasteiger partial charge in [0, 0.05) is 12.5 Å². The maximum Gasteiger partial charge on any atom is 0.331 e. The molecule has 0 bridgehead atoms. The number of ketones is 2. The standard InChI is InChI=1S/C10H12O4/c1-7(11)9-4-2-3-8(12)5-6-10(13)14-9/h5-6,9H,2-4H2,1H3/b6-5-. The van der Waals surface area contributed by atoms with E-state index in [1.807, 2.05) is 0 Å². The van der Waals surface area contributed by atoms with Crippen molar-refractivity contribution in [2.45, 2.75) is 32.3 Å². The summed E-state index contributed by atoms with van der Waals surface area (Å²) in [6, 6.07) is 0. The third-order valence-electron chi connectivity index (χ3n) is 2.01. The van der Waals surface area contributed by atoms with E-state index < -0.39 is 12.1 Å². The lowest BCUT2D eigenvalue weighted by molar-refractivity contribution is -0.150. The van der Waals surface area contributed by atoms with Crippen LogP contribution in [-0.2, 0) is 19.1 Å². The molecule has 0 aromatic carbocycles. The number of hydrogen-bond donors (Lipinski definition) is 0. The van der Waals surface area contributed by atoms with Crippen LogP contribution in [0.2, 0.25) is 0 Å². The van der Waals surface area contributed by atoms with Crippen LogP contribution in [0, 0.1) is 0 Å². The van der Waals surface area contributed by atoms with E-state index in [4.69, 9.17) is 4.74 Å². The second-order valence-corrected chi connectivity index (χ2v) is 3.23. The summed E-state index contributed by atoms with van der Waals surface area (Å²) in [5, 5.41) is 0. The van der Waals surface area contributed by atoms with Gasteiger partial charge in [-0.15, -0.1) is 0 Å². The number of carbonyl (C=O) groups is 3. The third-order valence-corrected chi connectivity index (χ3v) is 2.01. The number of hydrogen-bond acceptors (Lipinski definition) is 4. The van der Waals surface area contributed by atoms with Crippen LogP contribution in [0.25, 0.3) is 0 Å². The van der Waals surface area contributed by atoms with Gasteiger partial charge in [-0.25, -0.2) is 4.79 Å². The quantitative estimate of drug-likeness (QED) is 0.582. The summed E-state index contributed by atoms with van der Waals surface area (Å²) in [4.78, 5) is 33.1. The first-order valence-electron chi connectivity index (χ1n) is 4.51. The topological polar surface area (TPSA) is 60.4 Å². The van der Waals surface area contributed by atoms with Crippen LogP contribution in [0.4, 0.5) is 0 Å². The van der Waals surface area contributed by atoms with E-state index in [1.165, 1.54) is 13.0 Å². The average Bonchev–Trinajstić information content (AvgIpc) is 2.19. The minimum atomic E-state index is -0.696. The Kier molecular flexibility index (Phi) is 3.56. The van der Waals surface area contributed by atoms with E-state index >= 15 is 0 Å². The van der Waals surface area contributed by atoms with E-state index in [1.54, 1.807) is 0 Å². The number of carbonyl (C=O) groups excluding carboxylic acids is 3. The first-order chi connectivity index (χ1) is 6.59. The average molecular weight is 196 g/mol. The summed E-state index contributed by atoms with van der Waals surface area (Å²) in [7, 11) is 0. The number of Topliss-reactive ketones (excluding diaryl/α,β-unsaturated/α-hetero) is 1. The highest BCUT2D eigenvalue weighted by Crippen LogP contribution is 2.10. The molecule has 0 aromatic heterocycles. The van der Waals surface area contributed by atoms with Gasteiger partial charge in [-0.2, -0.15) is 0 Å². The Balaban J connectivity index is 2.70. The Labute approximate surface area is 81.9 Å². The SMILES string of the molecule is CC(=O)C1CCCC(=O)/C=C\C(=O)O1. The van der Waals surface area contributed by atoms with Gasteiger partial charge < -0.3 is 4.74 Å². The highest BCUT2D eigenvalue weighted by atomic mass is 16.5. The van der Waals surface area contributed by atoms with E-state index in [-0.39, 0.29) is 11.6 Å². The van der Waals surface area contributed by atoms with Crippen LogP contribution in [0.1, 0.15) is 26.2 Å². The van der Waals surface area contributed by atoms with Gasteiger partial charge in [-0.3, -0.25) is 9.59 Å². The highest BCUT2D eigenvalue weighted by molar-refractivity contribution is 5.97. The number of cyclic esters (lactones) is 1. The van der Waals surface area contributed by atoms with Crippen LogP contribution in [0.15, 0.2) is 12.2 Å². The maximum atomic E-state index is 11.0. The predicted molar refractivity (Wildman–Crippen MR) is 48.6 cm³/mol. The first-order valence-corrected chi connectivity index (χ1v) is 4.51. The second-order valence-electron chi connectivity index (χ2n) is 3.23. The zero-order chi connectivity index (χ0) is 10.6. The summed E-state index contributed by atoms with van der Waals surface area (Å²) >= 11 is 0. The van der Waals surface area contributed by atoms with Crippen molar-refractivity contribution < 1.29 is 19.1 Å². The number of esters is 1. The molecule has 4 heteroatoms. The van der Waals surface area contributed by atoms with E-state index in [2.05, 4.69) is 0 Å². The molecule has 0 saturated heterocycles. The van der Waals surface area contributed by atoms with Crippen molar-refractivity contribution in [3.63, 3.8) is 0 Å². The zero-order valence-corrected chi connectivity index (χ0v) is 7.99. The van der Waals surface area contributed by atoms with Crippen LogP contribution >= 0.6 is 0 Å². The molecule has 1 heterocycles. The van der Waals surface area contributed by atoms with Gasteiger partial charge in [0.2, 0.25) is 0 Å². The van der Waals surface area contributed by atoms with Gasteiger partial charge in [0.15, 0.2) is 17.7 Å². The summed E-state index contributed by atoms with van der Waals surface area (Å²) in [5.74, 6) is -0.910. The first kappa shape index (κ1) is 10.6. The largest absolute Gasteiger partial charge is 0.451 e. The van der Waals surface area contributed by atoms with Crippen LogP contribution in [-0.4, -0.2) is 23.6 Å².